The minimum atomic E-state index is -0.527. The van der Waals surface area contributed by atoms with Crippen LogP contribution in [0.15, 0.2) is 30.3 Å². The van der Waals surface area contributed by atoms with Crippen molar-refractivity contribution in [3.63, 3.8) is 0 Å². The topological polar surface area (TPSA) is 49.5 Å². The maximum atomic E-state index is 9.97. The fourth-order valence-corrected chi connectivity index (χ4v) is 1.40. The SMILES string of the molecule is CCN(N)C(C)C(O)c1ccccc1. The molecule has 0 aliphatic heterocycles. The number of nitrogens with zero attached hydrogens (tertiary/aromatic N) is 1. The molecule has 0 bridgehead atoms. The van der Waals surface area contributed by atoms with E-state index in [9.17, 15) is 5.11 Å². The van der Waals surface area contributed by atoms with Gasteiger partial charge in [-0.15, -0.1) is 0 Å². The summed E-state index contributed by atoms with van der Waals surface area (Å²) in [7, 11) is 0. The third-order valence-corrected chi connectivity index (χ3v) is 2.49. The first-order valence-corrected chi connectivity index (χ1v) is 4.91. The normalized spacial score (nSPS) is 15.5. The van der Waals surface area contributed by atoms with Gasteiger partial charge in [-0.2, -0.15) is 0 Å². The van der Waals surface area contributed by atoms with Gasteiger partial charge in [0.2, 0.25) is 0 Å². The average molecular weight is 194 g/mol. The van der Waals surface area contributed by atoms with Crippen LogP contribution in [0.2, 0.25) is 0 Å². The first-order chi connectivity index (χ1) is 6.66. The van der Waals surface area contributed by atoms with E-state index in [2.05, 4.69) is 0 Å². The monoisotopic (exact) mass is 194 g/mol. The molecule has 1 aromatic rings. The maximum absolute atomic E-state index is 9.97. The van der Waals surface area contributed by atoms with Gasteiger partial charge in [0.25, 0.3) is 0 Å². The van der Waals surface area contributed by atoms with Gasteiger partial charge >= 0.3 is 0 Å². The van der Waals surface area contributed by atoms with Crippen LogP contribution in [0.5, 0.6) is 0 Å². The van der Waals surface area contributed by atoms with Crippen LogP contribution in [-0.2, 0) is 0 Å². The van der Waals surface area contributed by atoms with Crippen molar-refractivity contribution in [2.24, 2.45) is 5.84 Å². The smallest absolute Gasteiger partial charge is 0.0956 e. The molecule has 0 heterocycles. The molecule has 0 aliphatic carbocycles. The lowest BCUT2D eigenvalue weighted by molar-refractivity contribution is 0.0608. The summed E-state index contributed by atoms with van der Waals surface area (Å²) in [5.41, 5.74) is 0.906. The lowest BCUT2D eigenvalue weighted by Crippen LogP contribution is -2.42. The average Bonchev–Trinajstić information content (AvgIpc) is 2.27. The summed E-state index contributed by atoms with van der Waals surface area (Å²) in [6, 6.07) is 9.51. The Balaban J connectivity index is 2.70. The van der Waals surface area contributed by atoms with Crippen LogP contribution in [0.1, 0.15) is 25.5 Å². The van der Waals surface area contributed by atoms with Gasteiger partial charge in [0.15, 0.2) is 0 Å². The molecular formula is C11H18N2O. The molecule has 0 amide bonds. The minimum Gasteiger partial charge on any atom is -0.387 e. The highest BCUT2D eigenvalue weighted by molar-refractivity contribution is 5.18. The maximum Gasteiger partial charge on any atom is 0.0956 e. The largest absolute Gasteiger partial charge is 0.387 e. The summed E-state index contributed by atoms with van der Waals surface area (Å²) >= 11 is 0. The zero-order valence-corrected chi connectivity index (χ0v) is 8.72. The number of rotatable bonds is 4. The van der Waals surface area contributed by atoms with E-state index < -0.39 is 6.10 Å². The molecule has 0 spiro atoms. The van der Waals surface area contributed by atoms with E-state index in [0.717, 1.165) is 12.1 Å². The first kappa shape index (κ1) is 11.2. The molecular weight excluding hydrogens is 176 g/mol. The van der Waals surface area contributed by atoms with Crippen LogP contribution >= 0.6 is 0 Å². The van der Waals surface area contributed by atoms with Gasteiger partial charge in [0.1, 0.15) is 0 Å². The predicted molar refractivity (Wildman–Crippen MR) is 57.4 cm³/mol. The summed E-state index contributed by atoms with van der Waals surface area (Å²) in [5, 5.41) is 11.6. The van der Waals surface area contributed by atoms with Crippen LogP contribution in [0, 0.1) is 0 Å². The van der Waals surface area contributed by atoms with Gasteiger partial charge in [-0.25, -0.2) is 5.01 Å². The van der Waals surface area contributed by atoms with Crippen molar-refractivity contribution in [2.45, 2.75) is 26.0 Å². The highest BCUT2D eigenvalue weighted by Gasteiger charge is 2.19. The molecule has 2 atom stereocenters. The molecule has 0 fully saturated rings. The molecule has 0 radical (unpaired) electrons. The van der Waals surface area contributed by atoms with Crippen LogP contribution < -0.4 is 5.84 Å². The Hall–Kier alpha value is -0.900. The Bertz CT molecular complexity index is 263. The lowest BCUT2D eigenvalue weighted by atomic mass is 10.0. The lowest BCUT2D eigenvalue weighted by Gasteiger charge is -2.27. The van der Waals surface area contributed by atoms with Gasteiger partial charge in [-0.05, 0) is 12.5 Å². The molecule has 1 aromatic carbocycles. The standard InChI is InChI=1S/C11H18N2O/c1-3-13(12)9(2)11(14)10-7-5-4-6-8-10/h4-9,11,14H,3,12H2,1-2H3. The first-order valence-electron chi connectivity index (χ1n) is 4.91. The van der Waals surface area contributed by atoms with Crippen molar-refractivity contribution in [3.05, 3.63) is 35.9 Å². The molecule has 2 unspecified atom stereocenters. The number of hydrazine groups is 1. The van der Waals surface area contributed by atoms with E-state index in [-0.39, 0.29) is 6.04 Å². The molecule has 0 saturated carbocycles. The Labute approximate surface area is 85.1 Å². The highest BCUT2D eigenvalue weighted by Crippen LogP contribution is 2.18. The Morgan fingerprint density at radius 1 is 1.36 bits per heavy atom. The fraction of sp³-hybridized carbons (Fsp3) is 0.455. The summed E-state index contributed by atoms with van der Waals surface area (Å²) in [6.07, 6.45) is -0.527. The minimum absolute atomic E-state index is 0.0672. The van der Waals surface area contributed by atoms with E-state index in [1.807, 2.05) is 44.2 Å². The zero-order chi connectivity index (χ0) is 10.6. The molecule has 1 rings (SSSR count). The predicted octanol–water partition coefficient (Wildman–Crippen LogP) is 1.30. The van der Waals surface area contributed by atoms with Crippen molar-refractivity contribution >= 4 is 0 Å². The number of benzene rings is 1. The number of aliphatic hydroxyl groups is 1. The third-order valence-electron chi connectivity index (χ3n) is 2.49. The molecule has 78 valence electrons. The van der Waals surface area contributed by atoms with Crippen molar-refractivity contribution in [3.8, 4) is 0 Å². The number of hydrogen-bond donors (Lipinski definition) is 2. The second-order valence-corrected chi connectivity index (χ2v) is 3.43. The van der Waals surface area contributed by atoms with E-state index in [0.29, 0.717) is 0 Å². The third kappa shape index (κ3) is 2.54. The van der Waals surface area contributed by atoms with E-state index in [4.69, 9.17) is 5.84 Å². The number of likely N-dealkylation sites (N-methyl/N-ethyl adjacent to an activating group) is 1. The highest BCUT2D eigenvalue weighted by atomic mass is 16.3. The molecule has 14 heavy (non-hydrogen) atoms. The van der Waals surface area contributed by atoms with E-state index >= 15 is 0 Å². The summed E-state index contributed by atoms with van der Waals surface area (Å²) < 4.78 is 0. The van der Waals surface area contributed by atoms with Gasteiger partial charge in [0.05, 0.1) is 12.1 Å². The van der Waals surface area contributed by atoms with Crippen LogP contribution in [0.25, 0.3) is 0 Å². The van der Waals surface area contributed by atoms with Crippen molar-refractivity contribution in [1.82, 2.24) is 5.01 Å². The van der Waals surface area contributed by atoms with Crippen LogP contribution in [-0.4, -0.2) is 22.7 Å². The molecule has 0 aliphatic rings. The van der Waals surface area contributed by atoms with Crippen LogP contribution in [0.3, 0.4) is 0 Å². The second kappa shape index (κ2) is 5.10. The summed E-state index contributed by atoms with van der Waals surface area (Å²) in [5.74, 6) is 5.73. The van der Waals surface area contributed by atoms with E-state index in [1.54, 1.807) is 5.01 Å². The number of hydrogen-bond acceptors (Lipinski definition) is 3. The Kier molecular flexibility index (Phi) is 4.07. The van der Waals surface area contributed by atoms with Gasteiger partial charge in [0, 0.05) is 6.54 Å². The summed E-state index contributed by atoms with van der Waals surface area (Å²) in [4.78, 5) is 0. The number of nitrogens with two attached hydrogens (primary N) is 1. The van der Waals surface area contributed by atoms with E-state index in [1.165, 1.54) is 0 Å². The Morgan fingerprint density at radius 3 is 2.43 bits per heavy atom. The molecule has 0 aromatic heterocycles. The second-order valence-electron chi connectivity index (χ2n) is 3.43. The Morgan fingerprint density at radius 2 is 1.93 bits per heavy atom. The molecule has 0 saturated heterocycles. The zero-order valence-electron chi connectivity index (χ0n) is 8.72. The van der Waals surface area contributed by atoms with Crippen molar-refractivity contribution < 1.29 is 5.11 Å². The fourth-order valence-electron chi connectivity index (χ4n) is 1.40. The molecule has 3 N–H and O–H groups in total. The van der Waals surface area contributed by atoms with Gasteiger partial charge in [-0.3, -0.25) is 5.84 Å². The van der Waals surface area contributed by atoms with Crippen molar-refractivity contribution in [1.29, 1.82) is 0 Å². The van der Waals surface area contributed by atoms with Crippen molar-refractivity contribution in [2.75, 3.05) is 6.54 Å². The van der Waals surface area contributed by atoms with Crippen LogP contribution in [0.4, 0.5) is 0 Å². The van der Waals surface area contributed by atoms with Gasteiger partial charge in [-0.1, -0.05) is 37.3 Å². The molecule has 3 nitrogen and oxygen atoms in total. The quantitative estimate of drug-likeness (QED) is 0.561. The molecule has 3 heteroatoms. The number of aliphatic hydroxyl groups excluding tert-OH is 1. The summed E-state index contributed by atoms with van der Waals surface area (Å²) in [6.45, 7) is 4.61. The van der Waals surface area contributed by atoms with Gasteiger partial charge < -0.3 is 5.11 Å².